The lowest BCUT2D eigenvalue weighted by atomic mass is 10.1. The third kappa shape index (κ3) is 3.67. The minimum absolute atomic E-state index is 0.0762. The number of nitro groups is 1. The molecule has 0 bridgehead atoms. The third-order valence-electron chi connectivity index (χ3n) is 2.86. The second-order valence-corrected chi connectivity index (χ2v) is 4.32. The number of nitro benzene ring substituents is 1. The summed E-state index contributed by atoms with van der Waals surface area (Å²) in [5.74, 6) is -0.357. The summed E-state index contributed by atoms with van der Waals surface area (Å²) in [6, 6.07) is 6.01. The highest BCUT2D eigenvalue weighted by atomic mass is 16.6. The van der Waals surface area contributed by atoms with Crippen LogP contribution < -0.4 is 10.1 Å². The fraction of sp³-hybridized carbons (Fsp3) is 0.462. The predicted octanol–water partition coefficient (Wildman–Crippen LogP) is 1.51. The quantitative estimate of drug-likeness (QED) is 0.463. The minimum atomic E-state index is -1.07. The van der Waals surface area contributed by atoms with Gasteiger partial charge >= 0.3 is 11.7 Å². The van der Waals surface area contributed by atoms with Crippen molar-refractivity contribution >= 4 is 11.7 Å². The van der Waals surface area contributed by atoms with E-state index in [2.05, 4.69) is 5.32 Å². The van der Waals surface area contributed by atoms with Gasteiger partial charge in [-0.25, -0.2) is 4.79 Å². The Morgan fingerprint density at radius 2 is 2.10 bits per heavy atom. The summed E-state index contributed by atoms with van der Waals surface area (Å²) in [5, 5.41) is 13.7. The van der Waals surface area contributed by atoms with Crippen LogP contribution in [0.3, 0.4) is 0 Å². The van der Waals surface area contributed by atoms with Crippen LogP contribution in [-0.4, -0.2) is 36.7 Å². The predicted molar refractivity (Wildman–Crippen MR) is 72.7 cm³/mol. The van der Waals surface area contributed by atoms with Crippen LogP contribution >= 0.6 is 0 Å². The molecule has 7 nitrogen and oxygen atoms in total. The topological polar surface area (TPSA) is 90.7 Å². The molecule has 0 aliphatic heterocycles. The Morgan fingerprint density at radius 1 is 1.45 bits per heavy atom. The van der Waals surface area contributed by atoms with E-state index in [-0.39, 0.29) is 24.7 Å². The number of carbonyl (C=O) groups is 1. The van der Waals surface area contributed by atoms with Crippen molar-refractivity contribution in [2.24, 2.45) is 0 Å². The molecule has 1 aromatic rings. The van der Waals surface area contributed by atoms with Gasteiger partial charge in [0, 0.05) is 6.07 Å². The molecular weight excluding hydrogens is 264 g/mol. The largest absolute Gasteiger partial charge is 0.484 e. The Morgan fingerprint density at radius 3 is 2.65 bits per heavy atom. The molecule has 110 valence electrons. The molecule has 0 radical (unpaired) electrons. The fourth-order valence-corrected chi connectivity index (χ4v) is 1.48. The molecule has 0 heterocycles. The maximum atomic E-state index is 11.8. The molecule has 0 saturated heterocycles. The van der Waals surface area contributed by atoms with Crippen molar-refractivity contribution in [2.45, 2.75) is 19.4 Å². The Labute approximate surface area is 117 Å². The van der Waals surface area contributed by atoms with Gasteiger partial charge in [-0.3, -0.25) is 10.1 Å². The van der Waals surface area contributed by atoms with Gasteiger partial charge in [-0.1, -0.05) is 12.1 Å². The SMILES string of the molecule is CCOC(=O)C(C)(COc1ccccc1[N+](=O)[O-])NC. The van der Waals surface area contributed by atoms with E-state index in [1.165, 1.54) is 12.1 Å². The van der Waals surface area contributed by atoms with Crippen LogP contribution in [-0.2, 0) is 9.53 Å². The lowest BCUT2D eigenvalue weighted by Crippen LogP contribution is -2.53. The highest BCUT2D eigenvalue weighted by Crippen LogP contribution is 2.26. The standard InChI is InChI=1S/C13H18N2O5/c1-4-19-12(16)13(2,14-3)9-20-11-8-6-5-7-10(11)15(17)18/h5-8,14H,4,9H2,1-3H3. The van der Waals surface area contributed by atoms with E-state index in [0.29, 0.717) is 0 Å². The Kier molecular flexibility index (Phi) is 5.45. The normalized spacial score (nSPS) is 13.3. The molecule has 0 aromatic heterocycles. The number of benzene rings is 1. The molecule has 0 saturated carbocycles. The third-order valence-corrected chi connectivity index (χ3v) is 2.86. The molecule has 20 heavy (non-hydrogen) atoms. The maximum absolute atomic E-state index is 11.8. The van der Waals surface area contributed by atoms with Gasteiger partial charge < -0.3 is 14.8 Å². The number of nitrogens with zero attached hydrogens (tertiary/aromatic N) is 1. The highest BCUT2D eigenvalue weighted by Gasteiger charge is 2.34. The zero-order valence-corrected chi connectivity index (χ0v) is 11.7. The molecule has 0 aliphatic carbocycles. The molecule has 0 aliphatic rings. The highest BCUT2D eigenvalue weighted by molar-refractivity contribution is 5.80. The second-order valence-electron chi connectivity index (χ2n) is 4.32. The van der Waals surface area contributed by atoms with Gasteiger partial charge in [-0.2, -0.15) is 0 Å². The Hall–Kier alpha value is -2.15. The van der Waals surface area contributed by atoms with Crippen LogP contribution in [0.4, 0.5) is 5.69 Å². The fourth-order valence-electron chi connectivity index (χ4n) is 1.48. The average molecular weight is 282 g/mol. The number of hydrogen-bond donors (Lipinski definition) is 1. The number of likely N-dealkylation sites (N-methyl/N-ethyl adjacent to an activating group) is 1. The van der Waals surface area contributed by atoms with Gasteiger partial charge in [0.15, 0.2) is 5.75 Å². The average Bonchev–Trinajstić information content (AvgIpc) is 2.45. The number of nitrogens with one attached hydrogen (secondary N) is 1. The molecule has 1 aromatic carbocycles. The van der Waals surface area contributed by atoms with Gasteiger partial charge in [0.1, 0.15) is 12.1 Å². The summed E-state index contributed by atoms with van der Waals surface area (Å²) in [7, 11) is 1.60. The summed E-state index contributed by atoms with van der Waals surface area (Å²) < 4.78 is 10.4. The van der Waals surface area contributed by atoms with Crippen LogP contribution in [0.15, 0.2) is 24.3 Å². The first-order valence-corrected chi connectivity index (χ1v) is 6.17. The van der Waals surface area contributed by atoms with Crippen LogP contribution in [0, 0.1) is 10.1 Å². The smallest absolute Gasteiger partial charge is 0.329 e. The van der Waals surface area contributed by atoms with E-state index in [1.807, 2.05) is 0 Å². The summed E-state index contributed by atoms with van der Waals surface area (Å²) in [6.45, 7) is 3.49. The van der Waals surface area contributed by atoms with Crippen molar-refractivity contribution in [3.05, 3.63) is 34.4 Å². The van der Waals surface area contributed by atoms with Crippen molar-refractivity contribution in [2.75, 3.05) is 20.3 Å². The minimum Gasteiger partial charge on any atom is -0.484 e. The van der Waals surface area contributed by atoms with Crippen LogP contribution in [0.5, 0.6) is 5.75 Å². The molecule has 1 unspecified atom stereocenters. The van der Waals surface area contributed by atoms with Crippen LogP contribution in [0.1, 0.15) is 13.8 Å². The first-order valence-electron chi connectivity index (χ1n) is 6.17. The molecule has 0 fully saturated rings. The number of para-hydroxylation sites is 2. The van der Waals surface area contributed by atoms with Crippen molar-refractivity contribution in [3.8, 4) is 5.75 Å². The van der Waals surface area contributed by atoms with Gasteiger partial charge in [0.2, 0.25) is 0 Å². The lowest BCUT2D eigenvalue weighted by Gasteiger charge is -2.26. The van der Waals surface area contributed by atoms with Crippen LogP contribution in [0.25, 0.3) is 0 Å². The van der Waals surface area contributed by atoms with E-state index in [9.17, 15) is 14.9 Å². The van der Waals surface area contributed by atoms with Crippen LogP contribution in [0.2, 0.25) is 0 Å². The number of rotatable bonds is 7. The van der Waals surface area contributed by atoms with Crippen molar-refractivity contribution in [3.63, 3.8) is 0 Å². The second kappa shape index (κ2) is 6.85. The van der Waals surface area contributed by atoms with E-state index >= 15 is 0 Å². The molecule has 0 amide bonds. The van der Waals surface area contributed by atoms with Crippen molar-refractivity contribution in [1.29, 1.82) is 0 Å². The van der Waals surface area contributed by atoms with Crippen molar-refractivity contribution in [1.82, 2.24) is 5.32 Å². The number of esters is 1. The van der Waals surface area contributed by atoms with Gasteiger partial charge in [-0.15, -0.1) is 0 Å². The number of hydrogen-bond acceptors (Lipinski definition) is 6. The van der Waals surface area contributed by atoms with E-state index in [4.69, 9.17) is 9.47 Å². The van der Waals surface area contributed by atoms with Gasteiger partial charge in [0.05, 0.1) is 11.5 Å². The number of carbonyl (C=O) groups excluding carboxylic acids is 1. The zero-order valence-electron chi connectivity index (χ0n) is 11.7. The first kappa shape index (κ1) is 15.9. The molecule has 0 spiro atoms. The van der Waals surface area contributed by atoms with Gasteiger partial charge in [0.25, 0.3) is 0 Å². The molecule has 1 N–H and O–H groups in total. The first-order chi connectivity index (χ1) is 9.44. The molecule has 7 heteroatoms. The lowest BCUT2D eigenvalue weighted by molar-refractivity contribution is -0.385. The summed E-state index contributed by atoms with van der Waals surface area (Å²) in [6.07, 6.45) is 0. The summed E-state index contributed by atoms with van der Waals surface area (Å²) in [4.78, 5) is 22.2. The van der Waals surface area contributed by atoms with E-state index < -0.39 is 16.4 Å². The molecule has 1 atom stereocenters. The van der Waals surface area contributed by atoms with E-state index in [1.54, 1.807) is 33.0 Å². The summed E-state index contributed by atoms with van der Waals surface area (Å²) in [5.41, 5.74) is -1.21. The van der Waals surface area contributed by atoms with Crippen molar-refractivity contribution < 1.29 is 19.2 Å². The zero-order chi connectivity index (χ0) is 15.2. The van der Waals surface area contributed by atoms with Gasteiger partial charge in [-0.05, 0) is 27.0 Å². The number of ether oxygens (including phenoxy) is 2. The summed E-state index contributed by atoms with van der Waals surface area (Å²) >= 11 is 0. The Balaban J connectivity index is 2.84. The Bertz CT molecular complexity index is 491. The van der Waals surface area contributed by atoms with E-state index in [0.717, 1.165) is 0 Å². The molecular formula is C13H18N2O5. The monoisotopic (exact) mass is 282 g/mol. The maximum Gasteiger partial charge on any atom is 0.329 e. The molecule has 1 rings (SSSR count).